The number of likely N-dealkylation sites (tertiary alicyclic amines) is 1. The minimum atomic E-state index is 0.0415. The van der Waals surface area contributed by atoms with Gasteiger partial charge in [0.2, 0.25) is 0 Å². The van der Waals surface area contributed by atoms with E-state index in [1.807, 2.05) is 13.0 Å². The van der Waals surface area contributed by atoms with Gasteiger partial charge in [0.15, 0.2) is 5.89 Å². The minimum absolute atomic E-state index is 0.0415. The number of fused-ring (bicyclic) bond motifs is 1. The van der Waals surface area contributed by atoms with Gasteiger partial charge < -0.3 is 4.42 Å². The smallest absolute Gasteiger partial charge is 0.267 e. The van der Waals surface area contributed by atoms with Crippen molar-refractivity contribution in [3.63, 3.8) is 0 Å². The molecule has 6 nitrogen and oxygen atoms in total. The molecule has 0 aromatic carbocycles. The number of hydrogen-bond acceptors (Lipinski definition) is 5. The molecule has 0 N–H and O–H groups in total. The molecule has 0 bridgehead atoms. The second kappa shape index (κ2) is 6.51. The lowest BCUT2D eigenvalue weighted by Crippen LogP contribution is -2.37. The topological polar surface area (TPSA) is 64.2 Å². The molecule has 1 saturated heterocycles. The lowest BCUT2D eigenvalue weighted by atomic mass is 9.97. The molecule has 128 valence electrons. The SMILES string of the molecule is Cc1nc(CN2CCCC2Cn2nc3c(cc2=O)CCCC3)co1. The summed E-state index contributed by atoms with van der Waals surface area (Å²) in [4.78, 5) is 19.2. The van der Waals surface area contributed by atoms with E-state index in [9.17, 15) is 4.79 Å². The maximum absolute atomic E-state index is 12.4. The lowest BCUT2D eigenvalue weighted by Gasteiger charge is -2.24. The van der Waals surface area contributed by atoms with Gasteiger partial charge in [-0.1, -0.05) is 0 Å². The summed E-state index contributed by atoms with van der Waals surface area (Å²) >= 11 is 0. The zero-order chi connectivity index (χ0) is 16.5. The largest absolute Gasteiger partial charge is 0.449 e. The molecule has 3 heterocycles. The minimum Gasteiger partial charge on any atom is -0.449 e. The van der Waals surface area contributed by atoms with Crippen molar-refractivity contribution < 1.29 is 4.42 Å². The third kappa shape index (κ3) is 3.15. The van der Waals surface area contributed by atoms with Crippen molar-refractivity contribution in [2.45, 2.75) is 64.6 Å². The molecule has 2 aromatic rings. The van der Waals surface area contributed by atoms with E-state index in [0.717, 1.165) is 55.7 Å². The van der Waals surface area contributed by atoms with Gasteiger partial charge in [0.05, 0.1) is 17.9 Å². The number of rotatable bonds is 4. The molecule has 0 radical (unpaired) electrons. The van der Waals surface area contributed by atoms with E-state index in [2.05, 4.69) is 15.0 Å². The molecule has 4 rings (SSSR count). The highest BCUT2D eigenvalue weighted by Crippen LogP contribution is 2.22. The summed E-state index contributed by atoms with van der Waals surface area (Å²) in [7, 11) is 0. The Labute approximate surface area is 141 Å². The fraction of sp³-hybridized carbons (Fsp3) is 0.611. The van der Waals surface area contributed by atoms with Crippen molar-refractivity contribution in [3.8, 4) is 0 Å². The van der Waals surface area contributed by atoms with Crippen LogP contribution in [0.5, 0.6) is 0 Å². The highest BCUT2D eigenvalue weighted by Gasteiger charge is 2.26. The Bertz CT molecular complexity index is 780. The van der Waals surface area contributed by atoms with Crippen LogP contribution in [0, 0.1) is 6.92 Å². The predicted octanol–water partition coefficient (Wildman–Crippen LogP) is 2.08. The average molecular weight is 328 g/mol. The molecule has 2 aromatic heterocycles. The van der Waals surface area contributed by atoms with Crippen LogP contribution in [0.25, 0.3) is 0 Å². The van der Waals surface area contributed by atoms with Crippen molar-refractivity contribution in [1.82, 2.24) is 19.7 Å². The zero-order valence-electron chi connectivity index (χ0n) is 14.2. The molecule has 1 unspecified atom stereocenters. The second-order valence-electron chi connectivity index (χ2n) is 6.97. The number of aryl methyl sites for hydroxylation is 3. The fourth-order valence-corrected chi connectivity index (χ4v) is 3.93. The van der Waals surface area contributed by atoms with Crippen molar-refractivity contribution in [3.05, 3.63) is 45.5 Å². The van der Waals surface area contributed by atoms with Gasteiger partial charge in [-0.3, -0.25) is 9.69 Å². The van der Waals surface area contributed by atoms with Crippen LogP contribution in [0.15, 0.2) is 21.5 Å². The molecule has 0 amide bonds. The van der Waals surface area contributed by atoms with Gasteiger partial charge in [0, 0.05) is 25.6 Å². The van der Waals surface area contributed by atoms with Crippen molar-refractivity contribution in [1.29, 1.82) is 0 Å². The fourth-order valence-electron chi connectivity index (χ4n) is 3.93. The quantitative estimate of drug-likeness (QED) is 0.860. The first kappa shape index (κ1) is 15.6. The van der Waals surface area contributed by atoms with Gasteiger partial charge in [-0.15, -0.1) is 0 Å². The van der Waals surface area contributed by atoms with Crippen LogP contribution in [0.4, 0.5) is 0 Å². The van der Waals surface area contributed by atoms with E-state index < -0.39 is 0 Å². The molecule has 1 aliphatic carbocycles. The Morgan fingerprint density at radius 3 is 3.00 bits per heavy atom. The third-order valence-electron chi connectivity index (χ3n) is 5.19. The van der Waals surface area contributed by atoms with Crippen LogP contribution < -0.4 is 5.56 Å². The van der Waals surface area contributed by atoms with Crippen LogP contribution in [-0.2, 0) is 25.9 Å². The Morgan fingerprint density at radius 2 is 2.17 bits per heavy atom. The van der Waals surface area contributed by atoms with E-state index in [1.165, 1.54) is 12.8 Å². The van der Waals surface area contributed by atoms with Gasteiger partial charge in [-0.2, -0.15) is 5.10 Å². The maximum atomic E-state index is 12.4. The van der Waals surface area contributed by atoms with Crippen LogP contribution in [0.1, 0.15) is 48.5 Å². The van der Waals surface area contributed by atoms with E-state index in [-0.39, 0.29) is 5.56 Å². The van der Waals surface area contributed by atoms with Crippen molar-refractivity contribution in [2.75, 3.05) is 6.54 Å². The Morgan fingerprint density at radius 1 is 1.29 bits per heavy atom. The number of nitrogens with zero attached hydrogens (tertiary/aromatic N) is 4. The molecule has 0 spiro atoms. The van der Waals surface area contributed by atoms with Crippen LogP contribution in [-0.4, -0.2) is 32.3 Å². The zero-order valence-corrected chi connectivity index (χ0v) is 14.2. The molecule has 1 aliphatic heterocycles. The molecule has 2 aliphatic rings. The maximum Gasteiger partial charge on any atom is 0.267 e. The molecular weight excluding hydrogens is 304 g/mol. The first-order valence-electron chi connectivity index (χ1n) is 8.94. The van der Waals surface area contributed by atoms with Gasteiger partial charge in [-0.25, -0.2) is 9.67 Å². The Hall–Kier alpha value is -1.95. The number of oxazole rings is 1. The first-order chi connectivity index (χ1) is 11.7. The summed E-state index contributed by atoms with van der Waals surface area (Å²) < 4.78 is 6.99. The van der Waals surface area contributed by atoms with E-state index in [0.29, 0.717) is 18.5 Å². The highest BCUT2D eigenvalue weighted by atomic mass is 16.3. The van der Waals surface area contributed by atoms with Gasteiger partial charge in [-0.05, 0) is 50.6 Å². The first-order valence-corrected chi connectivity index (χ1v) is 8.94. The molecule has 1 atom stereocenters. The summed E-state index contributed by atoms with van der Waals surface area (Å²) in [5, 5.41) is 4.67. The Kier molecular flexibility index (Phi) is 4.22. The summed E-state index contributed by atoms with van der Waals surface area (Å²) in [5.74, 6) is 0.702. The monoisotopic (exact) mass is 328 g/mol. The van der Waals surface area contributed by atoms with E-state index in [1.54, 1.807) is 10.9 Å². The predicted molar refractivity (Wildman–Crippen MR) is 89.8 cm³/mol. The normalized spacial score (nSPS) is 21.1. The lowest BCUT2D eigenvalue weighted by molar-refractivity contribution is 0.213. The van der Waals surface area contributed by atoms with Gasteiger partial charge in [0.1, 0.15) is 6.26 Å². The summed E-state index contributed by atoms with van der Waals surface area (Å²) in [6.07, 6.45) is 8.34. The summed E-state index contributed by atoms with van der Waals surface area (Å²) in [6, 6.07) is 2.15. The Balaban J connectivity index is 1.50. The number of hydrogen-bond donors (Lipinski definition) is 0. The molecule has 1 fully saturated rings. The van der Waals surface area contributed by atoms with Crippen LogP contribution >= 0.6 is 0 Å². The second-order valence-corrected chi connectivity index (χ2v) is 6.97. The molecule has 6 heteroatoms. The van der Waals surface area contributed by atoms with Crippen LogP contribution in [0.3, 0.4) is 0 Å². The molecule has 0 saturated carbocycles. The van der Waals surface area contributed by atoms with Gasteiger partial charge >= 0.3 is 0 Å². The van der Waals surface area contributed by atoms with E-state index in [4.69, 9.17) is 4.42 Å². The average Bonchev–Trinajstić information content (AvgIpc) is 3.18. The van der Waals surface area contributed by atoms with Crippen LogP contribution in [0.2, 0.25) is 0 Å². The van der Waals surface area contributed by atoms with E-state index >= 15 is 0 Å². The highest BCUT2D eigenvalue weighted by molar-refractivity contribution is 5.20. The summed E-state index contributed by atoms with van der Waals surface area (Å²) in [6.45, 7) is 4.35. The van der Waals surface area contributed by atoms with Gasteiger partial charge in [0.25, 0.3) is 5.56 Å². The van der Waals surface area contributed by atoms with Crippen molar-refractivity contribution in [2.24, 2.45) is 0 Å². The number of aromatic nitrogens is 3. The standard InChI is InChI=1S/C18H24N4O2/c1-13-19-15(12-24-13)10-21-8-4-6-16(21)11-22-18(23)9-14-5-2-3-7-17(14)20-22/h9,12,16H,2-8,10-11H2,1H3. The molecule has 24 heavy (non-hydrogen) atoms. The van der Waals surface area contributed by atoms with Crippen molar-refractivity contribution >= 4 is 0 Å². The molecular formula is C18H24N4O2. The third-order valence-corrected chi connectivity index (χ3v) is 5.19. The summed E-state index contributed by atoms with van der Waals surface area (Å²) in [5.41, 5.74) is 3.28.